The van der Waals surface area contributed by atoms with Gasteiger partial charge in [0.25, 0.3) is 5.91 Å². The zero-order valence-electron chi connectivity index (χ0n) is 17.3. The largest absolute Gasteiger partial charge is 0.476 e. The van der Waals surface area contributed by atoms with E-state index in [4.69, 9.17) is 5.11 Å². The highest BCUT2D eigenvalue weighted by Gasteiger charge is 2.46. The molecule has 0 bridgehead atoms. The molecule has 1 aromatic carbocycles. The van der Waals surface area contributed by atoms with Crippen LogP contribution in [-0.2, 0) is 9.59 Å². The molecular weight excluding hydrogens is 432 g/mol. The maximum atomic E-state index is 13.2. The molecule has 2 fully saturated rings. The lowest BCUT2D eigenvalue weighted by molar-refractivity contribution is -0.134. The maximum absolute atomic E-state index is 13.2. The number of carboxylic acids is 1. The van der Waals surface area contributed by atoms with Gasteiger partial charge in [-0.15, -0.1) is 11.3 Å². The van der Waals surface area contributed by atoms with Crippen molar-refractivity contribution >= 4 is 40.3 Å². The van der Waals surface area contributed by atoms with E-state index in [9.17, 15) is 19.2 Å². The number of carboxylic acid groups (broad SMARTS) is 1. The number of imide groups is 1. The van der Waals surface area contributed by atoms with Gasteiger partial charge in [0.05, 0.1) is 0 Å². The normalized spacial score (nSPS) is 20.1. The summed E-state index contributed by atoms with van der Waals surface area (Å²) in [6, 6.07) is 6.45. The molecule has 1 saturated heterocycles. The summed E-state index contributed by atoms with van der Waals surface area (Å²) in [5.41, 5.74) is 0.476. The molecule has 1 aliphatic carbocycles. The van der Waals surface area contributed by atoms with E-state index in [0.29, 0.717) is 12.0 Å². The molecule has 2 aromatic rings. The van der Waals surface area contributed by atoms with E-state index < -0.39 is 35.9 Å². The number of hydrogen-bond acceptors (Lipinski definition) is 6. The number of nitrogens with zero attached hydrogens (tertiary/aromatic N) is 2. The van der Waals surface area contributed by atoms with Crippen molar-refractivity contribution in [2.24, 2.45) is 5.92 Å². The molecule has 3 N–H and O–H groups in total. The number of amides is 4. The number of carbonyl (C=O) groups excluding carboxylic acids is 3. The SMILES string of the molecule is O=C(O)c1csc(NC(=O)C(CC2CCCCC2)N2C(=O)NC(c3ccccc3)C2=O)n1. The fraction of sp³-hybridized carbons (Fsp3) is 0.409. The molecule has 168 valence electrons. The second-order valence-corrected chi connectivity index (χ2v) is 8.95. The number of anilines is 1. The quantitative estimate of drug-likeness (QED) is 0.548. The Hall–Kier alpha value is -3.27. The predicted octanol–water partition coefficient (Wildman–Crippen LogP) is 3.41. The summed E-state index contributed by atoms with van der Waals surface area (Å²) in [4.78, 5) is 55.3. The van der Waals surface area contributed by atoms with E-state index in [1.54, 1.807) is 24.3 Å². The van der Waals surface area contributed by atoms with E-state index in [2.05, 4.69) is 15.6 Å². The lowest BCUT2D eigenvalue weighted by atomic mass is 9.84. The third-order valence-corrected chi connectivity index (χ3v) is 6.71. The highest BCUT2D eigenvalue weighted by Crippen LogP contribution is 2.32. The van der Waals surface area contributed by atoms with Crippen molar-refractivity contribution in [1.29, 1.82) is 0 Å². The van der Waals surface area contributed by atoms with Gasteiger partial charge in [-0.1, -0.05) is 62.4 Å². The second kappa shape index (κ2) is 9.47. The van der Waals surface area contributed by atoms with Gasteiger partial charge >= 0.3 is 12.0 Å². The summed E-state index contributed by atoms with van der Waals surface area (Å²) in [5, 5.41) is 15.8. The molecule has 32 heavy (non-hydrogen) atoms. The average molecular weight is 457 g/mol. The Bertz CT molecular complexity index is 1020. The minimum Gasteiger partial charge on any atom is -0.476 e. The summed E-state index contributed by atoms with van der Waals surface area (Å²) in [6.45, 7) is 0. The highest BCUT2D eigenvalue weighted by molar-refractivity contribution is 7.14. The van der Waals surface area contributed by atoms with Gasteiger partial charge in [-0.05, 0) is 17.9 Å². The van der Waals surface area contributed by atoms with E-state index in [1.165, 1.54) is 5.38 Å². The molecule has 2 heterocycles. The Balaban J connectivity index is 1.57. The maximum Gasteiger partial charge on any atom is 0.355 e. The van der Waals surface area contributed by atoms with Crippen LogP contribution in [0, 0.1) is 5.92 Å². The van der Waals surface area contributed by atoms with Gasteiger partial charge in [0, 0.05) is 5.38 Å². The number of rotatable bonds is 7. The zero-order valence-corrected chi connectivity index (χ0v) is 18.1. The smallest absolute Gasteiger partial charge is 0.355 e. The monoisotopic (exact) mass is 456 g/mol. The number of hydrogen-bond donors (Lipinski definition) is 3. The minimum absolute atomic E-state index is 0.118. The van der Waals surface area contributed by atoms with Gasteiger partial charge in [-0.3, -0.25) is 9.59 Å². The van der Waals surface area contributed by atoms with Crippen LogP contribution in [0.25, 0.3) is 0 Å². The van der Waals surface area contributed by atoms with E-state index in [0.717, 1.165) is 48.3 Å². The highest BCUT2D eigenvalue weighted by atomic mass is 32.1. The summed E-state index contributed by atoms with van der Waals surface area (Å²) in [5.74, 6) is -1.98. The first-order valence-electron chi connectivity index (χ1n) is 10.6. The van der Waals surface area contributed by atoms with Crippen LogP contribution >= 0.6 is 11.3 Å². The second-order valence-electron chi connectivity index (χ2n) is 8.09. The van der Waals surface area contributed by atoms with Crippen LogP contribution < -0.4 is 10.6 Å². The molecule has 4 rings (SSSR count). The molecule has 10 heteroatoms. The molecule has 2 aliphatic rings. The molecule has 1 aliphatic heterocycles. The fourth-order valence-electron chi connectivity index (χ4n) is 4.35. The van der Waals surface area contributed by atoms with Crippen LogP contribution in [0.1, 0.15) is 60.6 Å². The van der Waals surface area contributed by atoms with Crippen LogP contribution in [0.4, 0.5) is 9.93 Å². The summed E-state index contributed by atoms with van der Waals surface area (Å²) in [7, 11) is 0. The first-order valence-corrected chi connectivity index (χ1v) is 11.5. The Morgan fingerprint density at radius 1 is 1.19 bits per heavy atom. The van der Waals surface area contributed by atoms with Crippen molar-refractivity contribution in [2.75, 3.05) is 5.32 Å². The molecule has 0 radical (unpaired) electrons. The summed E-state index contributed by atoms with van der Waals surface area (Å²) in [6.07, 6.45) is 5.50. The molecule has 1 aromatic heterocycles. The number of nitrogens with one attached hydrogen (secondary N) is 2. The number of benzene rings is 1. The van der Waals surface area contributed by atoms with Crippen molar-refractivity contribution < 1.29 is 24.3 Å². The third kappa shape index (κ3) is 4.64. The lowest BCUT2D eigenvalue weighted by Crippen LogP contribution is -2.48. The van der Waals surface area contributed by atoms with Gasteiger partial charge in [0.15, 0.2) is 10.8 Å². The minimum atomic E-state index is -1.19. The van der Waals surface area contributed by atoms with Gasteiger partial charge in [0.2, 0.25) is 5.91 Å². The predicted molar refractivity (Wildman–Crippen MR) is 117 cm³/mol. The van der Waals surface area contributed by atoms with Crippen LogP contribution in [0.2, 0.25) is 0 Å². The topological polar surface area (TPSA) is 129 Å². The molecule has 0 spiro atoms. The lowest BCUT2D eigenvalue weighted by Gasteiger charge is -2.30. The van der Waals surface area contributed by atoms with Crippen LogP contribution in [0.3, 0.4) is 0 Å². The molecule has 1 saturated carbocycles. The third-order valence-electron chi connectivity index (χ3n) is 5.95. The molecule has 2 unspecified atom stereocenters. The van der Waals surface area contributed by atoms with Crippen molar-refractivity contribution in [1.82, 2.24) is 15.2 Å². The average Bonchev–Trinajstić information content (AvgIpc) is 3.38. The molecule has 4 amide bonds. The Labute approximate surface area is 188 Å². The Kier molecular flexibility index (Phi) is 6.50. The van der Waals surface area contributed by atoms with E-state index >= 15 is 0 Å². The van der Waals surface area contributed by atoms with Crippen molar-refractivity contribution in [2.45, 2.75) is 50.6 Å². The first kappa shape index (κ1) is 21.9. The summed E-state index contributed by atoms with van der Waals surface area (Å²) < 4.78 is 0. The number of aromatic carboxylic acids is 1. The van der Waals surface area contributed by atoms with Gasteiger partial charge in [0.1, 0.15) is 12.1 Å². The van der Waals surface area contributed by atoms with Gasteiger partial charge < -0.3 is 15.7 Å². The number of carbonyl (C=O) groups is 4. The van der Waals surface area contributed by atoms with E-state index in [-0.39, 0.29) is 16.7 Å². The van der Waals surface area contributed by atoms with Gasteiger partial charge in [-0.2, -0.15) is 0 Å². The number of aromatic nitrogens is 1. The Morgan fingerprint density at radius 3 is 2.56 bits per heavy atom. The first-order chi connectivity index (χ1) is 15.4. The Morgan fingerprint density at radius 2 is 1.91 bits per heavy atom. The number of urea groups is 1. The standard InChI is InChI=1S/C22H24N4O5S/c27-18(25-21-23-15(12-32-21)20(29)30)16(11-13-7-3-1-4-8-13)26-19(28)17(24-22(26)31)14-9-5-2-6-10-14/h2,5-6,9-10,12-13,16-17H,1,3-4,7-8,11H2,(H,24,31)(H,29,30)(H,23,25,27). The molecular formula is C22H24N4O5S. The van der Waals surface area contributed by atoms with Crippen LogP contribution in [-0.4, -0.2) is 44.8 Å². The van der Waals surface area contributed by atoms with Crippen molar-refractivity contribution in [3.05, 3.63) is 47.0 Å². The van der Waals surface area contributed by atoms with Gasteiger partial charge in [-0.25, -0.2) is 19.5 Å². The van der Waals surface area contributed by atoms with Crippen molar-refractivity contribution in [3.63, 3.8) is 0 Å². The zero-order chi connectivity index (χ0) is 22.7. The summed E-state index contributed by atoms with van der Waals surface area (Å²) >= 11 is 0.983. The van der Waals surface area contributed by atoms with Crippen LogP contribution in [0.15, 0.2) is 35.7 Å². The molecule has 9 nitrogen and oxygen atoms in total. The van der Waals surface area contributed by atoms with E-state index in [1.807, 2.05) is 6.07 Å². The van der Waals surface area contributed by atoms with Crippen molar-refractivity contribution in [3.8, 4) is 0 Å². The fourth-order valence-corrected chi connectivity index (χ4v) is 5.03. The number of thiazole rings is 1. The van der Waals surface area contributed by atoms with Crippen LogP contribution in [0.5, 0.6) is 0 Å². The molecule has 2 atom stereocenters.